The molecule has 0 aromatic rings. The minimum absolute atomic E-state index is 0.268. The number of carbonyl (C=O) groups excluding carboxylic acids is 1. The van der Waals surface area contributed by atoms with Gasteiger partial charge in [0.1, 0.15) is 0 Å². The molecule has 0 heterocycles. The van der Waals surface area contributed by atoms with E-state index < -0.39 is 0 Å². The molecule has 0 aliphatic heterocycles. The highest BCUT2D eigenvalue weighted by Crippen LogP contribution is 2.18. The van der Waals surface area contributed by atoms with Crippen molar-refractivity contribution in [3.63, 3.8) is 0 Å². The summed E-state index contributed by atoms with van der Waals surface area (Å²) >= 11 is 0. The van der Waals surface area contributed by atoms with Gasteiger partial charge in [0.05, 0.1) is 13.4 Å². The van der Waals surface area contributed by atoms with Gasteiger partial charge in [0.15, 0.2) is 5.78 Å². The Morgan fingerprint density at radius 2 is 2.00 bits per heavy atom. The Morgan fingerprint density at radius 1 is 1.27 bits per heavy atom. The van der Waals surface area contributed by atoms with Crippen LogP contribution in [0.4, 0.5) is 0 Å². The van der Waals surface area contributed by atoms with Crippen molar-refractivity contribution in [1.82, 2.24) is 0 Å². The van der Waals surface area contributed by atoms with E-state index in [0.717, 1.165) is 24.8 Å². The molecule has 1 aliphatic carbocycles. The van der Waals surface area contributed by atoms with Crippen LogP contribution in [0.5, 0.6) is 0 Å². The zero-order valence-corrected chi connectivity index (χ0v) is 6.93. The SMILES string of the molecule is CO/C=C1/CCCCCC1=O. The molecule has 2 heteroatoms. The van der Waals surface area contributed by atoms with Gasteiger partial charge < -0.3 is 4.74 Å². The summed E-state index contributed by atoms with van der Waals surface area (Å²) in [6.45, 7) is 0. The molecule has 0 atom stereocenters. The van der Waals surface area contributed by atoms with Crippen LogP contribution in [0.2, 0.25) is 0 Å². The molecule has 0 radical (unpaired) electrons. The standard InChI is InChI=1S/C9H14O2/c1-11-7-8-5-3-2-4-6-9(8)10/h7H,2-6H2,1H3/b8-7-. The van der Waals surface area contributed by atoms with Gasteiger partial charge in [-0.3, -0.25) is 4.79 Å². The number of methoxy groups -OCH3 is 1. The maximum Gasteiger partial charge on any atom is 0.161 e. The van der Waals surface area contributed by atoms with Crippen molar-refractivity contribution in [2.75, 3.05) is 7.11 Å². The summed E-state index contributed by atoms with van der Waals surface area (Å²) in [5.41, 5.74) is 0.866. The number of hydrogen-bond acceptors (Lipinski definition) is 2. The number of Topliss-reactive ketones (excluding diaryl/α,β-unsaturated/α-hetero) is 1. The summed E-state index contributed by atoms with van der Waals surface area (Å²) in [7, 11) is 1.59. The second kappa shape index (κ2) is 4.16. The van der Waals surface area contributed by atoms with Crippen molar-refractivity contribution in [3.8, 4) is 0 Å². The molecule has 1 saturated carbocycles. The van der Waals surface area contributed by atoms with Crippen molar-refractivity contribution in [1.29, 1.82) is 0 Å². The highest BCUT2D eigenvalue weighted by atomic mass is 16.5. The number of hydrogen-bond donors (Lipinski definition) is 0. The summed E-state index contributed by atoms with van der Waals surface area (Å²) in [6.07, 6.45) is 6.53. The molecule has 2 nitrogen and oxygen atoms in total. The quantitative estimate of drug-likeness (QED) is 0.328. The Bertz CT molecular complexity index is 170. The van der Waals surface area contributed by atoms with Crippen molar-refractivity contribution in [3.05, 3.63) is 11.8 Å². The van der Waals surface area contributed by atoms with Crippen molar-refractivity contribution < 1.29 is 9.53 Å². The van der Waals surface area contributed by atoms with Crippen LogP contribution >= 0.6 is 0 Å². The van der Waals surface area contributed by atoms with Crippen molar-refractivity contribution >= 4 is 5.78 Å². The van der Waals surface area contributed by atoms with E-state index in [1.54, 1.807) is 13.4 Å². The Labute approximate surface area is 67.2 Å². The van der Waals surface area contributed by atoms with Crippen LogP contribution in [0.25, 0.3) is 0 Å². The van der Waals surface area contributed by atoms with E-state index in [4.69, 9.17) is 4.74 Å². The first-order valence-electron chi connectivity index (χ1n) is 4.09. The second-order valence-corrected chi connectivity index (χ2v) is 2.86. The Morgan fingerprint density at radius 3 is 2.73 bits per heavy atom. The van der Waals surface area contributed by atoms with Gasteiger partial charge in [-0.1, -0.05) is 6.42 Å². The molecule has 0 amide bonds. The molecule has 0 spiro atoms. The molecule has 0 aromatic carbocycles. The fourth-order valence-electron chi connectivity index (χ4n) is 1.34. The van der Waals surface area contributed by atoms with Crippen molar-refractivity contribution in [2.24, 2.45) is 0 Å². The third kappa shape index (κ3) is 2.37. The topological polar surface area (TPSA) is 26.3 Å². The van der Waals surface area contributed by atoms with E-state index >= 15 is 0 Å². The molecule has 62 valence electrons. The normalized spacial score (nSPS) is 23.4. The van der Waals surface area contributed by atoms with Crippen LogP contribution in [0.3, 0.4) is 0 Å². The Hall–Kier alpha value is -0.790. The number of ketones is 1. The average Bonchev–Trinajstić information content (AvgIpc) is 2.18. The molecule has 0 bridgehead atoms. The van der Waals surface area contributed by atoms with Gasteiger partial charge in [0, 0.05) is 12.0 Å². The van der Waals surface area contributed by atoms with E-state index in [1.165, 1.54) is 6.42 Å². The van der Waals surface area contributed by atoms with Gasteiger partial charge in [-0.2, -0.15) is 0 Å². The zero-order valence-electron chi connectivity index (χ0n) is 6.93. The predicted molar refractivity (Wildman–Crippen MR) is 43.2 cm³/mol. The van der Waals surface area contributed by atoms with E-state index in [9.17, 15) is 4.79 Å². The van der Waals surface area contributed by atoms with Crippen molar-refractivity contribution in [2.45, 2.75) is 32.1 Å². The first-order chi connectivity index (χ1) is 5.34. The predicted octanol–water partition coefficient (Wildman–Crippen LogP) is 2.05. The minimum Gasteiger partial charge on any atom is -0.504 e. The van der Waals surface area contributed by atoms with E-state index in [0.29, 0.717) is 6.42 Å². The van der Waals surface area contributed by atoms with Crippen LogP contribution in [0, 0.1) is 0 Å². The molecule has 11 heavy (non-hydrogen) atoms. The molecule has 0 aromatic heterocycles. The highest BCUT2D eigenvalue weighted by Gasteiger charge is 2.12. The second-order valence-electron chi connectivity index (χ2n) is 2.86. The number of ether oxygens (including phenoxy) is 1. The van der Waals surface area contributed by atoms with E-state index in [-0.39, 0.29) is 5.78 Å². The van der Waals surface area contributed by atoms with Crippen LogP contribution < -0.4 is 0 Å². The largest absolute Gasteiger partial charge is 0.504 e. The van der Waals surface area contributed by atoms with Gasteiger partial charge >= 0.3 is 0 Å². The first kappa shape index (κ1) is 8.31. The zero-order chi connectivity index (χ0) is 8.10. The smallest absolute Gasteiger partial charge is 0.161 e. The van der Waals surface area contributed by atoms with Crippen LogP contribution in [0.1, 0.15) is 32.1 Å². The van der Waals surface area contributed by atoms with Gasteiger partial charge in [-0.15, -0.1) is 0 Å². The van der Waals surface area contributed by atoms with Gasteiger partial charge in [0.25, 0.3) is 0 Å². The molecular formula is C9H14O2. The maximum absolute atomic E-state index is 11.3. The van der Waals surface area contributed by atoms with Crippen LogP contribution in [-0.2, 0) is 9.53 Å². The molecule has 1 rings (SSSR count). The lowest BCUT2D eigenvalue weighted by atomic mass is 10.1. The summed E-state index contributed by atoms with van der Waals surface area (Å²) in [4.78, 5) is 11.3. The number of allylic oxidation sites excluding steroid dienone is 1. The number of rotatable bonds is 1. The lowest BCUT2D eigenvalue weighted by molar-refractivity contribution is -0.115. The van der Waals surface area contributed by atoms with Crippen LogP contribution in [0.15, 0.2) is 11.8 Å². The van der Waals surface area contributed by atoms with Gasteiger partial charge in [-0.05, 0) is 19.3 Å². The highest BCUT2D eigenvalue weighted by molar-refractivity contribution is 5.95. The first-order valence-corrected chi connectivity index (χ1v) is 4.09. The Balaban J connectivity index is 2.59. The summed E-state index contributed by atoms with van der Waals surface area (Å²) in [6, 6.07) is 0. The lowest BCUT2D eigenvalue weighted by Gasteiger charge is -1.98. The Kier molecular flexibility index (Phi) is 3.14. The van der Waals surface area contributed by atoms with Crippen LogP contribution in [-0.4, -0.2) is 12.9 Å². The minimum atomic E-state index is 0.268. The third-order valence-electron chi connectivity index (χ3n) is 1.97. The average molecular weight is 154 g/mol. The summed E-state index contributed by atoms with van der Waals surface area (Å²) in [5, 5.41) is 0. The summed E-state index contributed by atoms with van der Waals surface area (Å²) in [5.74, 6) is 0.268. The molecule has 0 unspecified atom stereocenters. The fraction of sp³-hybridized carbons (Fsp3) is 0.667. The summed E-state index contributed by atoms with van der Waals surface area (Å²) < 4.78 is 4.82. The molecule has 0 saturated heterocycles. The third-order valence-corrected chi connectivity index (χ3v) is 1.97. The molecular weight excluding hydrogens is 140 g/mol. The fourth-order valence-corrected chi connectivity index (χ4v) is 1.34. The molecule has 1 aliphatic rings. The van der Waals surface area contributed by atoms with Gasteiger partial charge in [-0.25, -0.2) is 0 Å². The molecule has 0 N–H and O–H groups in total. The number of carbonyl (C=O) groups is 1. The monoisotopic (exact) mass is 154 g/mol. The lowest BCUT2D eigenvalue weighted by Crippen LogP contribution is -1.99. The molecule has 1 fully saturated rings. The van der Waals surface area contributed by atoms with Gasteiger partial charge in [0.2, 0.25) is 0 Å². The van der Waals surface area contributed by atoms with E-state index in [2.05, 4.69) is 0 Å². The maximum atomic E-state index is 11.3. The van der Waals surface area contributed by atoms with E-state index in [1.807, 2.05) is 0 Å².